The number of benzene rings is 4. The summed E-state index contributed by atoms with van der Waals surface area (Å²) in [5.74, 6) is -2.08. The summed E-state index contributed by atoms with van der Waals surface area (Å²) in [4.78, 5) is 34.1. The lowest BCUT2D eigenvalue weighted by atomic mass is 9.95. The van der Waals surface area contributed by atoms with E-state index < -0.39 is 11.9 Å². The van der Waals surface area contributed by atoms with Crippen LogP contribution in [0.15, 0.2) is 109 Å². The third-order valence-electron chi connectivity index (χ3n) is 4.68. The van der Waals surface area contributed by atoms with Crippen LogP contribution in [0.1, 0.15) is 36.6 Å². The van der Waals surface area contributed by atoms with Crippen LogP contribution >= 0.6 is 0 Å². The standard InChI is InChI=1S/C14H10O4.C13H10O/c15-13(16)11-7-3-1-5-9(11)10-6-2-4-8-12(10)14(17)18;14-13(11-7-3-1-4-8-11)12-9-5-2-6-10-12/h1-8H,(H,15,16)(H,17,18);1-10H. The van der Waals surface area contributed by atoms with E-state index in [9.17, 15) is 14.4 Å². The highest BCUT2D eigenvalue weighted by Gasteiger charge is 2.16. The van der Waals surface area contributed by atoms with Gasteiger partial charge in [0.1, 0.15) is 0 Å². The topological polar surface area (TPSA) is 91.7 Å². The van der Waals surface area contributed by atoms with E-state index in [1.807, 2.05) is 60.7 Å². The Morgan fingerprint density at radius 1 is 0.438 bits per heavy atom. The first-order valence-electron chi connectivity index (χ1n) is 9.79. The number of aromatic carboxylic acids is 2. The smallest absolute Gasteiger partial charge is 0.336 e. The summed E-state index contributed by atoms with van der Waals surface area (Å²) in [5.41, 5.74) is 2.46. The monoisotopic (exact) mass is 424 g/mol. The van der Waals surface area contributed by atoms with Gasteiger partial charge in [-0.2, -0.15) is 0 Å². The molecule has 0 fully saturated rings. The zero-order valence-corrected chi connectivity index (χ0v) is 17.0. The normalized spacial score (nSPS) is 9.88. The van der Waals surface area contributed by atoms with E-state index in [0.717, 1.165) is 11.1 Å². The van der Waals surface area contributed by atoms with E-state index >= 15 is 0 Å². The number of carboxylic acid groups (broad SMARTS) is 2. The van der Waals surface area contributed by atoms with Crippen molar-refractivity contribution < 1.29 is 24.6 Å². The summed E-state index contributed by atoms with van der Waals surface area (Å²) < 4.78 is 0. The Balaban J connectivity index is 0.000000186. The number of hydrogen-bond donors (Lipinski definition) is 2. The van der Waals surface area contributed by atoms with Crippen molar-refractivity contribution in [2.24, 2.45) is 0 Å². The molecule has 5 nitrogen and oxygen atoms in total. The predicted molar refractivity (Wildman–Crippen MR) is 122 cm³/mol. The molecule has 32 heavy (non-hydrogen) atoms. The van der Waals surface area contributed by atoms with Gasteiger partial charge in [-0.25, -0.2) is 9.59 Å². The zero-order chi connectivity index (χ0) is 22.9. The average Bonchev–Trinajstić information content (AvgIpc) is 2.85. The maximum absolute atomic E-state index is 11.8. The summed E-state index contributed by atoms with van der Waals surface area (Å²) in [6.45, 7) is 0. The fourth-order valence-electron chi connectivity index (χ4n) is 3.15. The molecule has 0 spiro atoms. The van der Waals surface area contributed by atoms with Crippen molar-refractivity contribution in [1.82, 2.24) is 0 Å². The predicted octanol–water partition coefficient (Wildman–Crippen LogP) is 5.67. The molecule has 4 aromatic carbocycles. The fourth-order valence-corrected chi connectivity index (χ4v) is 3.15. The number of carbonyl (C=O) groups excluding carboxylic acids is 1. The van der Waals surface area contributed by atoms with Gasteiger partial charge in [-0.3, -0.25) is 4.79 Å². The molecular formula is C27H20O5. The number of carbonyl (C=O) groups is 3. The van der Waals surface area contributed by atoms with E-state index in [4.69, 9.17) is 10.2 Å². The van der Waals surface area contributed by atoms with E-state index in [1.54, 1.807) is 36.4 Å². The van der Waals surface area contributed by atoms with Gasteiger partial charge >= 0.3 is 11.9 Å². The van der Waals surface area contributed by atoms with Gasteiger partial charge in [-0.1, -0.05) is 97.1 Å². The van der Waals surface area contributed by atoms with Crippen molar-refractivity contribution in [3.8, 4) is 11.1 Å². The third-order valence-corrected chi connectivity index (χ3v) is 4.68. The maximum atomic E-state index is 11.8. The molecule has 2 N–H and O–H groups in total. The molecule has 0 amide bonds. The SMILES string of the molecule is O=C(O)c1ccccc1-c1ccccc1C(=O)O.O=C(c1ccccc1)c1ccccc1. The lowest BCUT2D eigenvalue weighted by Crippen LogP contribution is -2.03. The van der Waals surface area contributed by atoms with Crippen LogP contribution in [-0.4, -0.2) is 27.9 Å². The van der Waals surface area contributed by atoms with Gasteiger partial charge in [0.15, 0.2) is 5.78 Å². The molecule has 0 heterocycles. The largest absolute Gasteiger partial charge is 0.478 e. The Kier molecular flexibility index (Phi) is 7.28. The van der Waals surface area contributed by atoms with Crippen molar-refractivity contribution in [1.29, 1.82) is 0 Å². The molecule has 0 atom stereocenters. The molecule has 0 saturated carbocycles. The Labute approximate surface area is 185 Å². The van der Waals surface area contributed by atoms with Crippen molar-refractivity contribution in [2.75, 3.05) is 0 Å². The second-order valence-electron chi connectivity index (χ2n) is 6.76. The van der Waals surface area contributed by atoms with Crippen LogP contribution in [0.5, 0.6) is 0 Å². The third kappa shape index (κ3) is 5.34. The highest BCUT2D eigenvalue weighted by Crippen LogP contribution is 2.27. The summed E-state index contributed by atoms with van der Waals surface area (Å²) in [5, 5.41) is 18.2. The van der Waals surface area contributed by atoms with Gasteiger partial charge in [-0.05, 0) is 23.3 Å². The lowest BCUT2D eigenvalue weighted by Gasteiger charge is -2.08. The van der Waals surface area contributed by atoms with Gasteiger partial charge in [-0.15, -0.1) is 0 Å². The van der Waals surface area contributed by atoms with Gasteiger partial charge in [0.25, 0.3) is 0 Å². The fraction of sp³-hybridized carbons (Fsp3) is 0. The molecule has 0 saturated heterocycles. The van der Waals surface area contributed by atoms with Crippen molar-refractivity contribution in [3.63, 3.8) is 0 Å². The molecule has 0 aliphatic heterocycles. The van der Waals surface area contributed by atoms with Crippen LogP contribution in [0, 0.1) is 0 Å². The average molecular weight is 424 g/mol. The summed E-state index contributed by atoms with van der Waals surface area (Å²) in [7, 11) is 0. The quantitative estimate of drug-likeness (QED) is 0.403. The van der Waals surface area contributed by atoms with Crippen LogP contribution in [0.2, 0.25) is 0 Å². The molecule has 5 heteroatoms. The van der Waals surface area contributed by atoms with Crippen LogP contribution in [-0.2, 0) is 0 Å². The molecule has 0 radical (unpaired) electrons. The molecule has 4 aromatic rings. The number of hydrogen-bond acceptors (Lipinski definition) is 3. The van der Waals surface area contributed by atoms with Crippen LogP contribution in [0.3, 0.4) is 0 Å². The molecule has 158 valence electrons. The zero-order valence-electron chi connectivity index (χ0n) is 17.0. The van der Waals surface area contributed by atoms with E-state index in [0.29, 0.717) is 11.1 Å². The molecule has 0 unspecified atom stereocenters. The summed E-state index contributed by atoms with van der Waals surface area (Å²) >= 11 is 0. The summed E-state index contributed by atoms with van der Waals surface area (Å²) in [6.07, 6.45) is 0. The molecule has 4 rings (SSSR count). The van der Waals surface area contributed by atoms with Crippen molar-refractivity contribution >= 4 is 17.7 Å². The van der Waals surface area contributed by atoms with Crippen LogP contribution in [0.25, 0.3) is 11.1 Å². The highest BCUT2D eigenvalue weighted by molar-refractivity contribution is 6.08. The first-order valence-corrected chi connectivity index (χ1v) is 9.79. The van der Waals surface area contributed by atoms with Crippen LogP contribution in [0.4, 0.5) is 0 Å². The van der Waals surface area contributed by atoms with Gasteiger partial charge < -0.3 is 10.2 Å². The van der Waals surface area contributed by atoms with E-state index in [-0.39, 0.29) is 16.9 Å². The molecule has 0 aromatic heterocycles. The van der Waals surface area contributed by atoms with E-state index in [2.05, 4.69) is 0 Å². The number of ketones is 1. The Morgan fingerprint density at radius 3 is 1.09 bits per heavy atom. The highest BCUT2D eigenvalue weighted by atomic mass is 16.4. The first-order chi connectivity index (χ1) is 15.5. The van der Waals surface area contributed by atoms with Crippen molar-refractivity contribution in [3.05, 3.63) is 131 Å². The lowest BCUT2D eigenvalue weighted by molar-refractivity contribution is 0.0684. The first kappa shape index (κ1) is 22.2. The van der Waals surface area contributed by atoms with Crippen LogP contribution < -0.4 is 0 Å². The minimum atomic E-state index is -1.08. The minimum absolute atomic E-state index is 0.0752. The summed E-state index contributed by atoms with van der Waals surface area (Å²) in [6, 6.07) is 31.3. The van der Waals surface area contributed by atoms with E-state index in [1.165, 1.54) is 12.1 Å². The van der Waals surface area contributed by atoms with Gasteiger partial charge in [0.2, 0.25) is 0 Å². The number of carboxylic acids is 2. The van der Waals surface area contributed by atoms with Gasteiger partial charge in [0.05, 0.1) is 11.1 Å². The second kappa shape index (κ2) is 10.5. The van der Waals surface area contributed by atoms with Crippen molar-refractivity contribution in [2.45, 2.75) is 0 Å². The second-order valence-corrected chi connectivity index (χ2v) is 6.76. The molecule has 0 aliphatic rings. The molecule has 0 bridgehead atoms. The maximum Gasteiger partial charge on any atom is 0.336 e. The Bertz CT molecular complexity index is 1130. The minimum Gasteiger partial charge on any atom is -0.478 e. The molecular weight excluding hydrogens is 404 g/mol. The van der Waals surface area contributed by atoms with Gasteiger partial charge in [0, 0.05) is 11.1 Å². The number of rotatable bonds is 5. The molecule has 0 aliphatic carbocycles. The Hall–Kier alpha value is -4.51. The Morgan fingerprint density at radius 2 is 0.750 bits per heavy atom.